The van der Waals surface area contributed by atoms with Crippen LogP contribution in [0.25, 0.3) is 10.2 Å². The minimum atomic E-state index is -0.366. The van der Waals surface area contributed by atoms with E-state index in [9.17, 15) is 9.59 Å². The van der Waals surface area contributed by atoms with Crippen LogP contribution in [0, 0.1) is 19.8 Å². The number of amides is 2. The summed E-state index contributed by atoms with van der Waals surface area (Å²) in [5.41, 5.74) is 3.98. The molecule has 5 nitrogen and oxygen atoms in total. The second-order valence-electron chi connectivity index (χ2n) is 6.60. The van der Waals surface area contributed by atoms with Crippen molar-refractivity contribution in [2.75, 3.05) is 16.8 Å². The number of aromatic nitrogens is 1. The zero-order valence-corrected chi connectivity index (χ0v) is 15.5. The van der Waals surface area contributed by atoms with Crippen LogP contribution in [0.2, 0.25) is 0 Å². The average molecular weight is 365 g/mol. The molecule has 0 saturated carbocycles. The minimum absolute atomic E-state index is 0.0110. The average Bonchev–Trinajstić information content (AvgIpc) is 3.20. The number of thiazole rings is 1. The third kappa shape index (κ3) is 2.97. The summed E-state index contributed by atoms with van der Waals surface area (Å²) in [5, 5.41) is 3.46. The summed E-state index contributed by atoms with van der Waals surface area (Å²) in [6.45, 7) is 4.43. The molecule has 0 unspecified atom stereocenters. The number of fused-ring (bicyclic) bond motifs is 1. The molecule has 1 atom stereocenters. The fraction of sp³-hybridized carbons (Fsp3) is 0.250. The summed E-state index contributed by atoms with van der Waals surface area (Å²) in [7, 11) is 0. The molecular formula is C20H19N3O2S. The fourth-order valence-electron chi connectivity index (χ4n) is 3.28. The van der Waals surface area contributed by atoms with Gasteiger partial charge in [0.25, 0.3) is 0 Å². The summed E-state index contributed by atoms with van der Waals surface area (Å²) in [4.78, 5) is 31.3. The lowest BCUT2D eigenvalue weighted by Crippen LogP contribution is -2.28. The minimum Gasteiger partial charge on any atom is -0.311 e. The Kier molecular flexibility index (Phi) is 4.20. The number of carbonyl (C=O) groups is 2. The van der Waals surface area contributed by atoms with E-state index in [1.165, 1.54) is 11.3 Å². The molecule has 4 rings (SSSR count). The molecule has 1 N–H and O–H groups in total. The molecule has 1 aromatic heterocycles. The van der Waals surface area contributed by atoms with E-state index >= 15 is 0 Å². The van der Waals surface area contributed by atoms with Crippen molar-refractivity contribution in [2.45, 2.75) is 20.3 Å². The van der Waals surface area contributed by atoms with Gasteiger partial charge in [-0.25, -0.2) is 4.98 Å². The van der Waals surface area contributed by atoms with Gasteiger partial charge in [-0.3, -0.25) is 9.59 Å². The standard InChI is InChI=1S/C20H19N3O2S/c1-12-6-5-8-16(13(12)2)23-11-14(10-18(23)24)19(25)22-20-21-15-7-3-4-9-17(15)26-20/h3-9,14H,10-11H2,1-2H3,(H,21,22,25)/t14-/m0/s1. The Morgan fingerprint density at radius 3 is 2.81 bits per heavy atom. The van der Waals surface area contributed by atoms with Crippen molar-refractivity contribution in [3.8, 4) is 0 Å². The van der Waals surface area contributed by atoms with E-state index in [1.807, 2.05) is 56.3 Å². The van der Waals surface area contributed by atoms with Gasteiger partial charge in [0.2, 0.25) is 11.8 Å². The third-order valence-electron chi connectivity index (χ3n) is 4.89. The van der Waals surface area contributed by atoms with Gasteiger partial charge < -0.3 is 10.2 Å². The van der Waals surface area contributed by atoms with Crippen molar-refractivity contribution >= 4 is 44.2 Å². The van der Waals surface area contributed by atoms with Gasteiger partial charge in [0.1, 0.15) is 0 Å². The second-order valence-corrected chi connectivity index (χ2v) is 7.63. The van der Waals surface area contributed by atoms with Gasteiger partial charge in [0.15, 0.2) is 5.13 Å². The molecule has 0 bridgehead atoms. The molecule has 2 aromatic carbocycles. The van der Waals surface area contributed by atoms with E-state index in [4.69, 9.17) is 0 Å². The molecule has 1 aliphatic rings. The Morgan fingerprint density at radius 2 is 2.00 bits per heavy atom. The Balaban J connectivity index is 1.51. The zero-order valence-electron chi connectivity index (χ0n) is 14.7. The number of rotatable bonds is 3. The first-order valence-electron chi connectivity index (χ1n) is 8.56. The van der Waals surface area contributed by atoms with E-state index in [0.717, 1.165) is 27.0 Å². The molecule has 26 heavy (non-hydrogen) atoms. The number of carbonyl (C=O) groups excluding carboxylic acids is 2. The first-order valence-corrected chi connectivity index (χ1v) is 9.37. The Hall–Kier alpha value is -2.73. The van der Waals surface area contributed by atoms with Crippen LogP contribution >= 0.6 is 11.3 Å². The van der Waals surface area contributed by atoms with E-state index in [1.54, 1.807) is 4.90 Å². The smallest absolute Gasteiger partial charge is 0.231 e. The molecule has 1 aliphatic heterocycles. The van der Waals surface area contributed by atoms with Crippen LogP contribution in [0.3, 0.4) is 0 Å². The molecule has 6 heteroatoms. The third-order valence-corrected chi connectivity index (χ3v) is 5.84. The highest BCUT2D eigenvalue weighted by molar-refractivity contribution is 7.22. The molecule has 132 valence electrons. The Bertz CT molecular complexity index is 978. The van der Waals surface area contributed by atoms with Crippen LogP contribution in [0.1, 0.15) is 17.5 Å². The quantitative estimate of drug-likeness (QED) is 0.765. The van der Waals surface area contributed by atoms with Crippen LogP contribution in [0.5, 0.6) is 0 Å². The van der Waals surface area contributed by atoms with E-state index in [2.05, 4.69) is 10.3 Å². The number of hydrogen-bond acceptors (Lipinski definition) is 4. The molecule has 2 heterocycles. The lowest BCUT2D eigenvalue weighted by molar-refractivity contribution is -0.122. The number of anilines is 2. The molecule has 1 fully saturated rings. The number of nitrogens with zero attached hydrogens (tertiary/aromatic N) is 2. The molecule has 1 saturated heterocycles. The van der Waals surface area contributed by atoms with Crippen molar-refractivity contribution in [3.05, 3.63) is 53.6 Å². The molecule has 0 aliphatic carbocycles. The van der Waals surface area contributed by atoms with Crippen molar-refractivity contribution in [1.82, 2.24) is 4.98 Å². The molecule has 0 radical (unpaired) electrons. The van der Waals surface area contributed by atoms with Crippen LogP contribution in [-0.4, -0.2) is 23.3 Å². The Labute approximate surface area is 155 Å². The first kappa shape index (κ1) is 16.7. The summed E-state index contributed by atoms with van der Waals surface area (Å²) < 4.78 is 1.03. The van der Waals surface area contributed by atoms with E-state index < -0.39 is 0 Å². The van der Waals surface area contributed by atoms with Crippen molar-refractivity contribution in [3.63, 3.8) is 0 Å². The normalized spacial score (nSPS) is 17.1. The monoisotopic (exact) mass is 365 g/mol. The second kappa shape index (κ2) is 6.53. The fourth-order valence-corrected chi connectivity index (χ4v) is 4.15. The maximum absolute atomic E-state index is 12.6. The predicted octanol–water partition coefficient (Wildman–Crippen LogP) is 3.90. The Morgan fingerprint density at radius 1 is 1.19 bits per heavy atom. The van der Waals surface area contributed by atoms with Gasteiger partial charge in [-0.2, -0.15) is 0 Å². The predicted molar refractivity (Wildman–Crippen MR) is 105 cm³/mol. The van der Waals surface area contributed by atoms with Gasteiger partial charge >= 0.3 is 0 Å². The van der Waals surface area contributed by atoms with Gasteiger partial charge in [0, 0.05) is 18.7 Å². The summed E-state index contributed by atoms with van der Waals surface area (Å²) in [5.74, 6) is -0.525. The molecule has 2 amide bonds. The number of para-hydroxylation sites is 1. The number of nitrogens with one attached hydrogen (secondary N) is 1. The van der Waals surface area contributed by atoms with Crippen molar-refractivity contribution in [2.24, 2.45) is 5.92 Å². The van der Waals surface area contributed by atoms with Gasteiger partial charge in [-0.15, -0.1) is 0 Å². The van der Waals surface area contributed by atoms with Crippen molar-refractivity contribution < 1.29 is 9.59 Å². The maximum atomic E-state index is 12.6. The van der Waals surface area contributed by atoms with Crippen molar-refractivity contribution in [1.29, 1.82) is 0 Å². The molecular weight excluding hydrogens is 346 g/mol. The van der Waals surface area contributed by atoms with Crippen LogP contribution in [-0.2, 0) is 9.59 Å². The van der Waals surface area contributed by atoms with Gasteiger partial charge in [-0.1, -0.05) is 35.6 Å². The largest absolute Gasteiger partial charge is 0.311 e. The topological polar surface area (TPSA) is 62.3 Å². The maximum Gasteiger partial charge on any atom is 0.231 e. The highest BCUT2D eigenvalue weighted by atomic mass is 32.1. The number of benzene rings is 2. The number of hydrogen-bond donors (Lipinski definition) is 1. The lowest BCUT2D eigenvalue weighted by atomic mass is 10.1. The highest BCUT2D eigenvalue weighted by Gasteiger charge is 2.36. The summed E-state index contributed by atoms with van der Waals surface area (Å²) in [6.07, 6.45) is 0.226. The van der Waals surface area contributed by atoms with Gasteiger partial charge in [0.05, 0.1) is 16.1 Å². The zero-order chi connectivity index (χ0) is 18.3. The first-order chi connectivity index (χ1) is 12.5. The summed E-state index contributed by atoms with van der Waals surface area (Å²) >= 11 is 1.45. The van der Waals surface area contributed by atoms with Crippen LogP contribution in [0.15, 0.2) is 42.5 Å². The van der Waals surface area contributed by atoms with Gasteiger partial charge in [-0.05, 0) is 43.2 Å². The van der Waals surface area contributed by atoms with E-state index in [0.29, 0.717) is 11.7 Å². The molecule has 0 spiro atoms. The highest BCUT2D eigenvalue weighted by Crippen LogP contribution is 2.31. The SMILES string of the molecule is Cc1cccc(N2C[C@@H](C(=O)Nc3nc4ccccc4s3)CC2=O)c1C. The molecule has 3 aromatic rings. The van der Waals surface area contributed by atoms with Crippen LogP contribution in [0.4, 0.5) is 10.8 Å². The number of aryl methyl sites for hydroxylation is 1. The van der Waals surface area contributed by atoms with Crippen LogP contribution < -0.4 is 10.2 Å². The van der Waals surface area contributed by atoms with E-state index in [-0.39, 0.29) is 24.2 Å². The lowest BCUT2D eigenvalue weighted by Gasteiger charge is -2.20. The summed E-state index contributed by atoms with van der Waals surface area (Å²) in [6, 6.07) is 13.7.